The summed E-state index contributed by atoms with van der Waals surface area (Å²) in [6, 6.07) is 6.81. The standard InChI is InChI=1S/C11H16N2O4S/c1-13(2)10-5-3-9(4-6-10)12-18(16,17)8-7-11(14)15/h3-6,12H,7-8H2,1-2H3,(H,14,15). The number of nitrogens with zero attached hydrogens (tertiary/aromatic N) is 1. The lowest BCUT2D eigenvalue weighted by atomic mass is 10.3. The summed E-state index contributed by atoms with van der Waals surface area (Å²) in [5.74, 6) is -1.57. The van der Waals surface area contributed by atoms with Crippen molar-refractivity contribution in [2.24, 2.45) is 0 Å². The fourth-order valence-corrected chi connectivity index (χ4v) is 2.32. The van der Waals surface area contributed by atoms with Crippen LogP contribution in [0.3, 0.4) is 0 Å². The van der Waals surface area contributed by atoms with Gasteiger partial charge in [-0.05, 0) is 24.3 Å². The van der Waals surface area contributed by atoms with Crippen molar-refractivity contribution in [2.45, 2.75) is 6.42 Å². The lowest BCUT2D eigenvalue weighted by molar-refractivity contribution is -0.136. The summed E-state index contributed by atoms with van der Waals surface area (Å²) in [7, 11) is 0.155. The Kier molecular flexibility index (Phi) is 4.55. The van der Waals surface area contributed by atoms with E-state index in [0.29, 0.717) is 5.69 Å². The van der Waals surface area contributed by atoms with Crippen LogP contribution in [-0.2, 0) is 14.8 Å². The second-order valence-corrected chi connectivity index (χ2v) is 5.85. The lowest BCUT2D eigenvalue weighted by Gasteiger charge is -2.13. The second-order valence-electron chi connectivity index (χ2n) is 4.01. The van der Waals surface area contributed by atoms with Gasteiger partial charge < -0.3 is 10.0 Å². The molecule has 0 heterocycles. The summed E-state index contributed by atoms with van der Waals surface area (Å²) in [5.41, 5.74) is 1.37. The van der Waals surface area contributed by atoms with Crippen LogP contribution in [0.4, 0.5) is 11.4 Å². The third-order valence-electron chi connectivity index (χ3n) is 2.24. The number of aliphatic carboxylic acids is 1. The number of benzene rings is 1. The van der Waals surface area contributed by atoms with E-state index in [2.05, 4.69) is 4.72 Å². The zero-order chi connectivity index (χ0) is 13.8. The van der Waals surface area contributed by atoms with Gasteiger partial charge in [0.25, 0.3) is 0 Å². The van der Waals surface area contributed by atoms with Crippen LogP contribution in [0.15, 0.2) is 24.3 Å². The van der Waals surface area contributed by atoms with Crippen LogP contribution in [-0.4, -0.2) is 39.3 Å². The molecule has 0 bridgehead atoms. The van der Waals surface area contributed by atoms with Crippen molar-refractivity contribution in [1.29, 1.82) is 0 Å². The van der Waals surface area contributed by atoms with E-state index in [0.717, 1.165) is 5.69 Å². The predicted octanol–water partition coefficient (Wildman–Crippen LogP) is 0.969. The quantitative estimate of drug-likeness (QED) is 0.805. The molecule has 6 nitrogen and oxygen atoms in total. The van der Waals surface area contributed by atoms with Crippen molar-refractivity contribution in [1.82, 2.24) is 0 Å². The van der Waals surface area contributed by atoms with Crippen molar-refractivity contribution in [3.8, 4) is 0 Å². The number of hydrogen-bond acceptors (Lipinski definition) is 4. The molecular formula is C11H16N2O4S. The molecule has 0 aliphatic rings. The Morgan fingerprint density at radius 3 is 2.28 bits per heavy atom. The Hall–Kier alpha value is -1.76. The number of nitrogens with one attached hydrogen (secondary N) is 1. The molecule has 0 atom stereocenters. The third-order valence-corrected chi connectivity index (χ3v) is 3.53. The van der Waals surface area contributed by atoms with Gasteiger partial charge in [0.05, 0.1) is 12.2 Å². The summed E-state index contributed by atoms with van der Waals surface area (Å²) < 4.78 is 25.4. The van der Waals surface area contributed by atoms with Gasteiger partial charge in [-0.15, -0.1) is 0 Å². The van der Waals surface area contributed by atoms with E-state index in [1.54, 1.807) is 24.3 Å². The Morgan fingerprint density at radius 2 is 1.83 bits per heavy atom. The maximum atomic E-state index is 11.5. The molecule has 0 amide bonds. The second kappa shape index (κ2) is 5.72. The molecule has 0 unspecified atom stereocenters. The normalized spacial score (nSPS) is 11.0. The maximum absolute atomic E-state index is 11.5. The van der Waals surface area contributed by atoms with Crippen LogP contribution in [0, 0.1) is 0 Å². The first-order chi connectivity index (χ1) is 8.30. The van der Waals surface area contributed by atoms with Crippen molar-refractivity contribution >= 4 is 27.4 Å². The molecule has 0 spiro atoms. The van der Waals surface area contributed by atoms with Crippen LogP contribution in [0.2, 0.25) is 0 Å². The van der Waals surface area contributed by atoms with Crippen LogP contribution < -0.4 is 9.62 Å². The molecule has 0 saturated carbocycles. The summed E-state index contributed by atoms with van der Waals surface area (Å²) >= 11 is 0. The largest absolute Gasteiger partial charge is 0.481 e. The van der Waals surface area contributed by atoms with Gasteiger partial charge >= 0.3 is 5.97 Å². The minimum absolute atomic E-state index is 0.412. The highest BCUT2D eigenvalue weighted by Crippen LogP contribution is 2.16. The molecule has 1 aromatic carbocycles. The van der Waals surface area contributed by atoms with Crippen molar-refractivity contribution in [2.75, 3.05) is 29.5 Å². The summed E-state index contributed by atoms with van der Waals surface area (Å²) in [6.45, 7) is 0. The van der Waals surface area contributed by atoms with E-state index in [-0.39, 0.29) is 0 Å². The first-order valence-electron chi connectivity index (χ1n) is 5.30. The highest BCUT2D eigenvalue weighted by atomic mass is 32.2. The topological polar surface area (TPSA) is 86.7 Å². The zero-order valence-electron chi connectivity index (χ0n) is 10.3. The molecule has 2 N–H and O–H groups in total. The van der Waals surface area contributed by atoms with E-state index in [1.165, 1.54) is 0 Å². The van der Waals surface area contributed by atoms with Crippen molar-refractivity contribution < 1.29 is 18.3 Å². The van der Waals surface area contributed by atoms with Gasteiger partial charge in [-0.25, -0.2) is 8.42 Å². The van der Waals surface area contributed by atoms with Gasteiger partial charge in [0.1, 0.15) is 0 Å². The van der Waals surface area contributed by atoms with Crippen LogP contribution in [0.1, 0.15) is 6.42 Å². The van der Waals surface area contributed by atoms with Crippen LogP contribution >= 0.6 is 0 Å². The number of carboxylic acid groups (broad SMARTS) is 1. The highest BCUT2D eigenvalue weighted by molar-refractivity contribution is 7.92. The molecule has 0 aliphatic heterocycles. The van der Waals surface area contributed by atoms with Gasteiger partial charge in [-0.1, -0.05) is 0 Å². The molecule has 0 fully saturated rings. The number of carbonyl (C=O) groups is 1. The average molecular weight is 272 g/mol. The average Bonchev–Trinajstić information content (AvgIpc) is 2.27. The van der Waals surface area contributed by atoms with E-state index in [4.69, 9.17) is 5.11 Å². The van der Waals surface area contributed by atoms with Gasteiger partial charge in [0.2, 0.25) is 10.0 Å². The predicted molar refractivity (Wildman–Crippen MR) is 70.4 cm³/mol. The Bertz CT molecular complexity index is 508. The summed E-state index contributed by atoms with van der Waals surface area (Å²) in [5, 5.41) is 8.44. The fraction of sp³-hybridized carbons (Fsp3) is 0.364. The summed E-state index contributed by atoms with van der Waals surface area (Å²) in [6.07, 6.45) is -0.412. The fourth-order valence-electron chi connectivity index (χ4n) is 1.28. The van der Waals surface area contributed by atoms with Gasteiger partial charge in [0.15, 0.2) is 0 Å². The highest BCUT2D eigenvalue weighted by Gasteiger charge is 2.12. The molecule has 18 heavy (non-hydrogen) atoms. The lowest BCUT2D eigenvalue weighted by Crippen LogP contribution is -2.19. The molecule has 1 rings (SSSR count). The molecule has 100 valence electrons. The number of sulfonamides is 1. The SMILES string of the molecule is CN(C)c1ccc(NS(=O)(=O)CCC(=O)O)cc1. The Labute approximate surface area is 106 Å². The zero-order valence-corrected chi connectivity index (χ0v) is 11.1. The van der Waals surface area contributed by atoms with E-state index < -0.39 is 28.2 Å². The molecule has 7 heteroatoms. The van der Waals surface area contributed by atoms with Crippen molar-refractivity contribution in [3.63, 3.8) is 0 Å². The van der Waals surface area contributed by atoms with Gasteiger partial charge in [0, 0.05) is 25.5 Å². The maximum Gasteiger partial charge on any atom is 0.304 e. The first kappa shape index (κ1) is 14.3. The number of carboxylic acids is 1. The minimum Gasteiger partial charge on any atom is -0.481 e. The minimum atomic E-state index is -3.61. The van der Waals surface area contributed by atoms with Crippen LogP contribution in [0.5, 0.6) is 0 Å². The van der Waals surface area contributed by atoms with E-state index in [1.807, 2.05) is 19.0 Å². The first-order valence-corrected chi connectivity index (χ1v) is 6.95. The third kappa shape index (κ3) is 4.62. The van der Waals surface area contributed by atoms with E-state index >= 15 is 0 Å². The summed E-state index contributed by atoms with van der Waals surface area (Å²) in [4.78, 5) is 12.2. The number of rotatable bonds is 6. The van der Waals surface area contributed by atoms with Gasteiger partial charge in [-0.3, -0.25) is 9.52 Å². The number of anilines is 2. The Balaban J connectivity index is 2.69. The molecule has 0 aliphatic carbocycles. The van der Waals surface area contributed by atoms with Crippen LogP contribution in [0.25, 0.3) is 0 Å². The Morgan fingerprint density at radius 1 is 1.28 bits per heavy atom. The monoisotopic (exact) mass is 272 g/mol. The molecule has 0 saturated heterocycles. The molecule has 0 radical (unpaired) electrons. The smallest absolute Gasteiger partial charge is 0.304 e. The van der Waals surface area contributed by atoms with Crippen molar-refractivity contribution in [3.05, 3.63) is 24.3 Å². The molecule has 0 aromatic heterocycles. The van der Waals surface area contributed by atoms with E-state index in [9.17, 15) is 13.2 Å². The number of hydrogen-bond donors (Lipinski definition) is 2. The molecular weight excluding hydrogens is 256 g/mol. The van der Waals surface area contributed by atoms with Gasteiger partial charge in [-0.2, -0.15) is 0 Å². The molecule has 1 aromatic rings.